The van der Waals surface area contributed by atoms with E-state index >= 15 is 0 Å². The van der Waals surface area contributed by atoms with Crippen molar-refractivity contribution in [3.8, 4) is 0 Å². The zero-order valence-electron chi connectivity index (χ0n) is 11.2. The molecule has 20 heavy (non-hydrogen) atoms. The first-order valence-electron chi connectivity index (χ1n) is 6.88. The van der Waals surface area contributed by atoms with Crippen LogP contribution in [0.25, 0.3) is 11.0 Å². The number of carbonyl (C=O) groups excluding carboxylic acids is 1. The molecular weight excluding hydrogens is 248 g/mol. The van der Waals surface area contributed by atoms with Crippen LogP contribution < -0.4 is 0 Å². The fourth-order valence-electron chi connectivity index (χ4n) is 2.43. The smallest absolute Gasteiger partial charge is 0.166 e. The van der Waals surface area contributed by atoms with E-state index in [9.17, 15) is 4.79 Å². The van der Waals surface area contributed by atoms with Crippen molar-refractivity contribution in [2.24, 2.45) is 0 Å². The highest BCUT2D eigenvalue weighted by Gasteiger charge is 2.12. The van der Waals surface area contributed by atoms with Crippen molar-refractivity contribution in [1.82, 2.24) is 0 Å². The van der Waals surface area contributed by atoms with Crippen LogP contribution in [0.1, 0.15) is 28.8 Å². The number of hydrogen-bond donors (Lipinski definition) is 0. The van der Waals surface area contributed by atoms with Crippen LogP contribution in [0.3, 0.4) is 0 Å². The Morgan fingerprint density at radius 1 is 0.950 bits per heavy atom. The normalized spacial score (nSPS) is 10.8. The molecule has 0 aliphatic rings. The Balaban J connectivity index is 1.65. The molecule has 0 spiro atoms. The van der Waals surface area contributed by atoms with Crippen molar-refractivity contribution in [2.45, 2.75) is 19.3 Å². The number of hydrogen-bond acceptors (Lipinski definition) is 2. The van der Waals surface area contributed by atoms with Crippen LogP contribution in [-0.2, 0) is 6.42 Å². The molecule has 2 heteroatoms. The number of aryl methyl sites for hydroxylation is 1. The SMILES string of the molecule is O=C(CCCc1ccccc1)c1coc2ccccc12. The van der Waals surface area contributed by atoms with Gasteiger partial charge in [0.2, 0.25) is 0 Å². The first-order chi connectivity index (χ1) is 9.84. The van der Waals surface area contributed by atoms with Gasteiger partial charge in [-0.2, -0.15) is 0 Å². The lowest BCUT2D eigenvalue weighted by Gasteiger charge is -2.00. The fourth-order valence-corrected chi connectivity index (χ4v) is 2.43. The minimum atomic E-state index is 0.158. The van der Waals surface area contributed by atoms with Crippen molar-refractivity contribution in [3.63, 3.8) is 0 Å². The molecule has 0 N–H and O–H groups in total. The lowest BCUT2D eigenvalue weighted by Crippen LogP contribution is -1.99. The third-order valence-electron chi connectivity index (χ3n) is 3.49. The molecule has 0 saturated carbocycles. The van der Waals surface area contributed by atoms with Crippen LogP contribution in [0, 0.1) is 0 Å². The lowest BCUT2D eigenvalue weighted by atomic mass is 10.0. The number of furan rings is 1. The average Bonchev–Trinajstić information content (AvgIpc) is 2.92. The second kappa shape index (κ2) is 5.74. The Bertz CT molecular complexity index is 710. The summed E-state index contributed by atoms with van der Waals surface area (Å²) in [5.41, 5.74) is 2.75. The van der Waals surface area contributed by atoms with E-state index in [4.69, 9.17) is 4.42 Å². The Kier molecular flexibility index (Phi) is 3.64. The van der Waals surface area contributed by atoms with E-state index in [-0.39, 0.29) is 5.78 Å². The summed E-state index contributed by atoms with van der Waals surface area (Å²) in [5.74, 6) is 0.158. The summed E-state index contributed by atoms with van der Waals surface area (Å²) in [6.45, 7) is 0. The molecule has 1 heterocycles. The van der Waals surface area contributed by atoms with Crippen molar-refractivity contribution < 1.29 is 9.21 Å². The number of para-hydroxylation sites is 1. The molecular formula is C18H16O2. The molecule has 3 aromatic rings. The number of ketones is 1. The molecule has 0 unspecified atom stereocenters. The molecule has 0 radical (unpaired) electrons. The second-order valence-corrected chi connectivity index (χ2v) is 4.91. The minimum Gasteiger partial charge on any atom is -0.464 e. The number of carbonyl (C=O) groups is 1. The summed E-state index contributed by atoms with van der Waals surface area (Å²) in [5, 5.41) is 0.914. The van der Waals surface area contributed by atoms with Crippen LogP contribution in [0.4, 0.5) is 0 Å². The van der Waals surface area contributed by atoms with Crippen LogP contribution >= 0.6 is 0 Å². The summed E-state index contributed by atoms with van der Waals surface area (Å²) in [4.78, 5) is 12.2. The molecule has 2 aromatic carbocycles. The molecule has 0 aliphatic carbocycles. The highest BCUT2D eigenvalue weighted by Crippen LogP contribution is 2.22. The highest BCUT2D eigenvalue weighted by molar-refractivity contribution is 6.07. The number of rotatable bonds is 5. The van der Waals surface area contributed by atoms with Crippen molar-refractivity contribution in [2.75, 3.05) is 0 Å². The average molecular weight is 264 g/mol. The largest absolute Gasteiger partial charge is 0.464 e. The minimum absolute atomic E-state index is 0.158. The van der Waals surface area contributed by atoms with Gasteiger partial charge in [0.05, 0.1) is 5.56 Å². The van der Waals surface area contributed by atoms with Gasteiger partial charge in [-0.1, -0.05) is 48.5 Å². The molecule has 2 nitrogen and oxygen atoms in total. The van der Waals surface area contributed by atoms with E-state index in [0.29, 0.717) is 12.0 Å². The van der Waals surface area contributed by atoms with E-state index in [1.54, 1.807) is 6.26 Å². The fraction of sp³-hybridized carbons (Fsp3) is 0.167. The third kappa shape index (κ3) is 2.64. The van der Waals surface area contributed by atoms with Gasteiger partial charge in [-0.25, -0.2) is 0 Å². The van der Waals surface area contributed by atoms with Gasteiger partial charge in [0.15, 0.2) is 5.78 Å². The van der Waals surface area contributed by atoms with Gasteiger partial charge in [0.25, 0.3) is 0 Å². The lowest BCUT2D eigenvalue weighted by molar-refractivity contribution is 0.0981. The molecule has 0 saturated heterocycles. The van der Waals surface area contributed by atoms with E-state index in [1.807, 2.05) is 42.5 Å². The summed E-state index contributed by atoms with van der Waals surface area (Å²) in [6, 6.07) is 17.9. The van der Waals surface area contributed by atoms with Crippen molar-refractivity contribution in [1.29, 1.82) is 0 Å². The quantitative estimate of drug-likeness (QED) is 0.628. The Morgan fingerprint density at radius 2 is 1.70 bits per heavy atom. The molecule has 0 amide bonds. The maximum Gasteiger partial charge on any atom is 0.166 e. The van der Waals surface area contributed by atoms with Gasteiger partial charge in [0, 0.05) is 11.8 Å². The highest BCUT2D eigenvalue weighted by atomic mass is 16.3. The first kappa shape index (κ1) is 12.7. The molecule has 100 valence electrons. The van der Waals surface area contributed by atoms with Crippen molar-refractivity contribution >= 4 is 16.8 Å². The van der Waals surface area contributed by atoms with E-state index in [0.717, 1.165) is 23.8 Å². The number of Topliss-reactive ketones (excluding diaryl/α,β-unsaturated/α-hetero) is 1. The van der Waals surface area contributed by atoms with E-state index in [2.05, 4.69) is 12.1 Å². The van der Waals surface area contributed by atoms with Gasteiger partial charge in [-0.3, -0.25) is 4.79 Å². The monoisotopic (exact) mass is 264 g/mol. The van der Waals surface area contributed by atoms with Crippen LogP contribution in [0.5, 0.6) is 0 Å². The van der Waals surface area contributed by atoms with Gasteiger partial charge in [-0.15, -0.1) is 0 Å². The summed E-state index contributed by atoms with van der Waals surface area (Å²) < 4.78 is 5.41. The Labute approximate surface area is 118 Å². The topological polar surface area (TPSA) is 30.2 Å². The molecule has 0 bridgehead atoms. The van der Waals surface area contributed by atoms with Crippen LogP contribution in [0.15, 0.2) is 65.3 Å². The second-order valence-electron chi connectivity index (χ2n) is 4.91. The predicted molar refractivity (Wildman–Crippen MR) is 79.9 cm³/mol. The first-order valence-corrected chi connectivity index (χ1v) is 6.88. The maximum atomic E-state index is 12.2. The molecule has 0 aliphatic heterocycles. The van der Waals surface area contributed by atoms with E-state index < -0.39 is 0 Å². The Morgan fingerprint density at radius 3 is 2.55 bits per heavy atom. The molecule has 1 aromatic heterocycles. The van der Waals surface area contributed by atoms with Gasteiger partial charge in [0.1, 0.15) is 11.8 Å². The Hall–Kier alpha value is -2.35. The van der Waals surface area contributed by atoms with E-state index in [1.165, 1.54) is 5.56 Å². The molecule has 0 fully saturated rings. The zero-order chi connectivity index (χ0) is 13.8. The number of fused-ring (bicyclic) bond motifs is 1. The maximum absolute atomic E-state index is 12.2. The summed E-state index contributed by atoms with van der Waals surface area (Å²) in [6.07, 6.45) is 3.93. The summed E-state index contributed by atoms with van der Waals surface area (Å²) in [7, 11) is 0. The van der Waals surface area contributed by atoms with Gasteiger partial charge >= 0.3 is 0 Å². The van der Waals surface area contributed by atoms with Gasteiger partial charge < -0.3 is 4.42 Å². The predicted octanol–water partition coefficient (Wildman–Crippen LogP) is 4.64. The third-order valence-corrected chi connectivity index (χ3v) is 3.49. The number of benzene rings is 2. The van der Waals surface area contributed by atoms with Crippen LogP contribution in [-0.4, -0.2) is 5.78 Å². The standard InChI is InChI=1S/C18H16O2/c19-17(11-6-9-14-7-2-1-3-8-14)16-13-20-18-12-5-4-10-15(16)18/h1-5,7-8,10,12-13H,6,9,11H2. The summed E-state index contributed by atoms with van der Waals surface area (Å²) >= 11 is 0. The molecule has 0 atom stereocenters. The van der Waals surface area contributed by atoms with Crippen LogP contribution in [0.2, 0.25) is 0 Å². The van der Waals surface area contributed by atoms with Gasteiger partial charge in [-0.05, 0) is 24.5 Å². The van der Waals surface area contributed by atoms with Crippen molar-refractivity contribution in [3.05, 3.63) is 72.0 Å². The zero-order valence-corrected chi connectivity index (χ0v) is 11.2. The molecule has 3 rings (SSSR count).